The van der Waals surface area contributed by atoms with Gasteiger partial charge in [-0.05, 0) is 32.8 Å². The summed E-state index contributed by atoms with van der Waals surface area (Å²) in [4.78, 5) is 18.8. The van der Waals surface area contributed by atoms with Crippen molar-refractivity contribution in [1.82, 2.24) is 24.7 Å². The van der Waals surface area contributed by atoms with Crippen LogP contribution >= 0.6 is 0 Å². The number of fused-ring (bicyclic) bond motifs is 3. The molecule has 2 N–H and O–H groups in total. The number of nitrogens with one attached hydrogen (secondary N) is 2. The topological polar surface area (TPSA) is 128 Å². The van der Waals surface area contributed by atoms with Crippen LogP contribution in [0, 0.1) is 18.3 Å². The Bertz CT molecular complexity index is 1180. The molecule has 4 heterocycles. The normalized spacial score (nSPS) is 20.5. The van der Waals surface area contributed by atoms with E-state index in [0.717, 1.165) is 27.8 Å². The summed E-state index contributed by atoms with van der Waals surface area (Å²) in [5.41, 5.74) is 1.47. The first kappa shape index (κ1) is 18.6. The standard InChI is InChI=1S/C18H21N7O2S/c1-11-3-4-13(28(26,27)22-8-6-19)10-25(11)18-16-14-5-7-20-17(14)21-9-15(16)23-12(2)24-18/h5,7,9,11,13,22H,3-4,8,10H2,1-2H3,(H,20,21). The summed E-state index contributed by atoms with van der Waals surface area (Å²) in [6.45, 7) is 3.98. The Labute approximate surface area is 162 Å². The minimum absolute atomic E-state index is 0.127. The Balaban J connectivity index is 1.82. The predicted molar refractivity (Wildman–Crippen MR) is 106 cm³/mol. The summed E-state index contributed by atoms with van der Waals surface area (Å²) < 4.78 is 27.6. The number of aromatic nitrogens is 4. The second-order valence-corrected chi connectivity index (χ2v) is 9.12. The van der Waals surface area contributed by atoms with Crippen LogP contribution in [0.3, 0.4) is 0 Å². The van der Waals surface area contributed by atoms with Crippen molar-refractivity contribution in [2.75, 3.05) is 18.0 Å². The molecule has 0 radical (unpaired) electrons. The van der Waals surface area contributed by atoms with Gasteiger partial charge in [0.15, 0.2) is 0 Å². The van der Waals surface area contributed by atoms with Gasteiger partial charge >= 0.3 is 0 Å². The Kier molecular flexibility index (Phi) is 4.64. The van der Waals surface area contributed by atoms with E-state index in [0.29, 0.717) is 25.2 Å². The highest BCUT2D eigenvalue weighted by Crippen LogP contribution is 2.34. The molecule has 0 saturated carbocycles. The van der Waals surface area contributed by atoms with Crippen LogP contribution in [0.1, 0.15) is 25.6 Å². The van der Waals surface area contributed by atoms with Crippen LogP contribution < -0.4 is 9.62 Å². The molecule has 0 aliphatic carbocycles. The summed E-state index contributed by atoms with van der Waals surface area (Å²) in [5.74, 6) is 1.33. The molecule has 0 amide bonds. The molecule has 0 aromatic carbocycles. The van der Waals surface area contributed by atoms with Gasteiger partial charge in [0.2, 0.25) is 10.0 Å². The number of H-pyrrole nitrogens is 1. The largest absolute Gasteiger partial charge is 0.352 e. The first-order valence-electron chi connectivity index (χ1n) is 9.13. The summed E-state index contributed by atoms with van der Waals surface area (Å²) in [7, 11) is -3.58. The van der Waals surface area contributed by atoms with E-state index < -0.39 is 15.3 Å². The number of piperidine rings is 1. The van der Waals surface area contributed by atoms with Crippen molar-refractivity contribution in [1.29, 1.82) is 5.26 Å². The number of nitriles is 1. The van der Waals surface area contributed by atoms with E-state index in [1.807, 2.05) is 30.2 Å². The molecule has 2 atom stereocenters. The fourth-order valence-electron chi connectivity index (χ4n) is 3.81. The van der Waals surface area contributed by atoms with E-state index in [1.165, 1.54) is 0 Å². The van der Waals surface area contributed by atoms with Crippen LogP contribution in [0.25, 0.3) is 21.9 Å². The van der Waals surface area contributed by atoms with Gasteiger partial charge in [-0.1, -0.05) is 0 Å². The smallest absolute Gasteiger partial charge is 0.217 e. The molecule has 1 aliphatic rings. The van der Waals surface area contributed by atoms with Crippen molar-refractivity contribution in [2.45, 2.75) is 38.0 Å². The third-order valence-electron chi connectivity index (χ3n) is 5.24. The minimum Gasteiger partial charge on any atom is -0.352 e. The van der Waals surface area contributed by atoms with Gasteiger partial charge in [0.1, 0.15) is 17.3 Å². The fourth-order valence-corrected chi connectivity index (χ4v) is 5.11. The lowest BCUT2D eigenvalue weighted by Gasteiger charge is -2.39. The van der Waals surface area contributed by atoms with Gasteiger partial charge in [-0.2, -0.15) is 5.26 Å². The molecule has 0 bridgehead atoms. The van der Waals surface area contributed by atoms with Gasteiger partial charge in [0.05, 0.1) is 35.0 Å². The summed E-state index contributed by atoms with van der Waals surface area (Å²) in [5, 5.41) is 9.89. The van der Waals surface area contributed by atoms with Gasteiger partial charge in [-0.25, -0.2) is 28.1 Å². The lowest BCUT2D eigenvalue weighted by molar-refractivity contribution is 0.466. The molecule has 10 heteroatoms. The van der Waals surface area contributed by atoms with Crippen LogP contribution in [0.2, 0.25) is 0 Å². The molecule has 146 valence electrons. The minimum atomic E-state index is -3.58. The van der Waals surface area contributed by atoms with Gasteiger partial charge in [-0.15, -0.1) is 0 Å². The number of sulfonamides is 1. The Morgan fingerprint density at radius 2 is 2.21 bits per heavy atom. The number of hydrogen-bond donors (Lipinski definition) is 2. The molecular formula is C18H21N7O2S. The third kappa shape index (κ3) is 3.16. The van der Waals surface area contributed by atoms with Crippen molar-refractivity contribution in [3.05, 3.63) is 24.3 Å². The van der Waals surface area contributed by atoms with E-state index >= 15 is 0 Å². The molecule has 4 rings (SSSR count). The van der Waals surface area contributed by atoms with Crippen LogP contribution in [-0.2, 0) is 10.0 Å². The first-order chi connectivity index (χ1) is 13.4. The van der Waals surface area contributed by atoms with E-state index in [-0.39, 0.29) is 12.6 Å². The highest BCUT2D eigenvalue weighted by Gasteiger charge is 2.35. The van der Waals surface area contributed by atoms with E-state index in [1.54, 1.807) is 6.20 Å². The highest BCUT2D eigenvalue weighted by molar-refractivity contribution is 7.90. The van der Waals surface area contributed by atoms with Crippen molar-refractivity contribution in [3.8, 4) is 6.07 Å². The maximum Gasteiger partial charge on any atom is 0.217 e. The van der Waals surface area contributed by atoms with Crippen molar-refractivity contribution >= 4 is 37.8 Å². The molecule has 1 fully saturated rings. The number of anilines is 1. The lowest BCUT2D eigenvalue weighted by Crippen LogP contribution is -2.50. The van der Waals surface area contributed by atoms with Crippen LogP contribution in [0.15, 0.2) is 18.5 Å². The van der Waals surface area contributed by atoms with E-state index in [4.69, 9.17) is 5.26 Å². The van der Waals surface area contributed by atoms with Gasteiger partial charge in [0, 0.05) is 24.2 Å². The molecule has 3 aromatic heterocycles. The van der Waals surface area contributed by atoms with Crippen LogP contribution in [0.5, 0.6) is 0 Å². The molecule has 0 spiro atoms. The quantitative estimate of drug-likeness (QED) is 0.638. The molecule has 2 unspecified atom stereocenters. The Hall–Kier alpha value is -2.77. The second-order valence-electron chi connectivity index (χ2n) is 7.08. The van der Waals surface area contributed by atoms with Gasteiger partial charge in [0.25, 0.3) is 0 Å². The monoisotopic (exact) mass is 399 g/mol. The highest BCUT2D eigenvalue weighted by atomic mass is 32.2. The van der Waals surface area contributed by atoms with Crippen LogP contribution in [-0.4, -0.2) is 52.7 Å². The third-order valence-corrected chi connectivity index (χ3v) is 7.05. The number of aryl methyl sites for hydroxylation is 1. The van der Waals surface area contributed by atoms with Crippen molar-refractivity contribution in [2.24, 2.45) is 0 Å². The zero-order valence-electron chi connectivity index (χ0n) is 15.7. The average molecular weight is 399 g/mol. The molecule has 28 heavy (non-hydrogen) atoms. The number of aromatic amines is 1. The van der Waals surface area contributed by atoms with Gasteiger partial charge < -0.3 is 9.88 Å². The SMILES string of the molecule is Cc1nc(N2CC(S(=O)(=O)NCC#N)CCC2C)c2c(cnc3[nH]ccc32)n1. The van der Waals surface area contributed by atoms with Gasteiger partial charge in [-0.3, -0.25) is 0 Å². The number of rotatable bonds is 4. The van der Waals surface area contributed by atoms with Crippen molar-refractivity contribution < 1.29 is 8.42 Å². The fraction of sp³-hybridized carbons (Fsp3) is 0.444. The van der Waals surface area contributed by atoms with Crippen molar-refractivity contribution in [3.63, 3.8) is 0 Å². The predicted octanol–water partition coefficient (Wildman–Crippen LogP) is 1.61. The Morgan fingerprint density at radius 3 is 3.00 bits per heavy atom. The zero-order valence-corrected chi connectivity index (χ0v) is 16.5. The number of nitrogens with zero attached hydrogens (tertiary/aromatic N) is 5. The summed E-state index contributed by atoms with van der Waals surface area (Å²) in [6.07, 6.45) is 4.79. The average Bonchev–Trinajstić information content (AvgIpc) is 3.14. The maximum absolute atomic E-state index is 12.6. The molecule has 3 aromatic rings. The maximum atomic E-state index is 12.6. The van der Waals surface area contributed by atoms with Crippen LogP contribution in [0.4, 0.5) is 5.82 Å². The number of hydrogen-bond acceptors (Lipinski definition) is 7. The second kappa shape index (κ2) is 7.00. The summed E-state index contributed by atoms with van der Waals surface area (Å²) >= 11 is 0. The first-order valence-corrected chi connectivity index (χ1v) is 10.7. The summed E-state index contributed by atoms with van der Waals surface area (Å²) in [6, 6.07) is 3.89. The number of pyridine rings is 1. The van der Waals surface area contributed by atoms with E-state index in [2.05, 4.69) is 31.6 Å². The van der Waals surface area contributed by atoms with E-state index in [9.17, 15) is 8.42 Å². The lowest BCUT2D eigenvalue weighted by atomic mass is 10.0. The Morgan fingerprint density at radius 1 is 1.39 bits per heavy atom. The molecule has 1 aliphatic heterocycles. The zero-order chi connectivity index (χ0) is 19.9. The molecular weight excluding hydrogens is 378 g/mol. The molecule has 9 nitrogen and oxygen atoms in total. The molecule has 1 saturated heterocycles.